The summed E-state index contributed by atoms with van der Waals surface area (Å²) in [6.07, 6.45) is 0. The fourth-order valence-electron chi connectivity index (χ4n) is 1.15. The van der Waals surface area contributed by atoms with E-state index in [1.165, 1.54) is 0 Å². The van der Waals surface area contributed by atoms with Gasteiger partial charge in [0.2, 0.25) is 0 Å². The van der Waals surface area contributed by atoms with E-state index in [4.69, 9.17) is 0 Å². The summed E-state index contributed by atoms with van der Waals surface area (Å²) in [6.45, 7) is 5.72. The van der Waals surface area contributed by atoms with Crippen LogP contribution in [-0.4, -0.2) is 44.5 Å². The molecule has 0 N–H and O–H groups in total. The number of sulfone groups is 1. The van der Waals surface area contributed by atoms with Crippen molar-refractivity contribution < 1.29 is 8.42 Å². The van der Waals surface area contributed by atoms with Gasteiger partial charge in [0, 0.05) is 24.1 Å². The van der Waals surface area contributed by atoms with Gasteiger partial charge in [-0.3, -0.25) is 4.90 Å². The average Bonchev–Trinajstić information content (AvgIpc) is 1.93. The largest absolute Gasteiger partial charge is 0.297 e. The molecule has 0 saturated carbocycles. The Morgan fingerprint density at radius 3 is 2.33 bits per heavy atom. The Bertz CT molecular complexity index is 259. The van der Waals surface area contributed by atoms with Crippen LogP contribution >= 0.6 is 15.9 Å². The maximum absolute atomic E-state index is 11.0. The molecule has 1 heterocycles. The smallest absolute Gasteiger partial charge is 0.152 e. The van der Waals surface area contributed by atoms with Gasteiger partial charge in [0.25, 0.3) is 0 Å². The summed E-state index contributed by atoms with van der Waals surface area (Å²) < 4.78 is 22.9. The SMILES string of the molecule is C=C(Br)CN1CCS(=O)(=O)CC1. The summed E-state index contributed by atoms with van der Waals surface area (Å²) in [7, 11) is -2.74. The van der Waals surface area contributed by atoms with Crippen LogP contribution in [0.4, 0.5) is 0 Å². The highest BCUT2D eigenvalue weighted by molar-refractivity contribution is 9.11. The van der Waals surface area contributed by atoms with Crippen molar-refractivity contribution >= 4 is 25.8 Å². The highest BCUT2D eigenvalue weighted by atomic mass is 79.9. The average molecular weight is 254 g/mol. The maximum atomic E-state index is 11.0. The molecule has 1 saturated heterocycles. The van der Waals surface area contributed by atoms with Crippen LogP contribution in [0.15, 0.2) is 11.1 Å². The van der Waals surface area contributed by atoms with Gasteiger partial charge in [-0.25, -0.2) is 8.42 Å². The Hall–Kier alpha value is 0.130. The minimum absolute atomic E-state index is 0.285. The molecule has 3 nitrogen and oxygen atoms in total. The van der Waals surface area contributed by atoms with Crippen LogP contribution in [0.1, 0.15) is 0 Å². The first kappa shape index (κ1) is 10.2. The molecule has 1 rings (SSSR count). The molecule has 1 aliphatic rings. The monoisotopic (exact) mass is 253 g/mol. The lowest BCUT2D eigenvalue weighted by Crippen LogP contribution is -2.40. The zero-order chi connectivity index (χ0) is 9.19. The Balaban J connectivity index is 2.41. The number of nitrogens with zero attached hydrogens (tertiary/aromatic N) is 1. The van der Waals surface area contributed by atoms with Crippen LogP contribution in [0.2, 0.25) is 0 Å². The highest BCUT2D eigenvalue weighted by Gasteiger charge is 2.20. The number of hydrogen-bond acceptors (Lipinski definition) is 3. The maximum Gasteiger partial charge on any atom is 0.152 e. The second-order valence-electron chi connectivity index (χ2n) is 2.95. The van der Waals surface area contributed by atoms with E-state index in [2.05, 4.69) is 27.4 Å². The molecule has 0 aromatic rings. The van der Waals surface area contributed by atoms with E-state index in [1.807, 2.05) is 0 Å². The molecule has 0 amide bonds. The second-order valence-corrected chi connectivity index (χ2v) is 6.37. The Labute approximate surface area is 81.5 Å². The van der Waals surface area contributed by atoms with Crippen LogP contribution in [0.3, 0.4) is 0 Å². The highest BCUT2D eigenvalue weighted by Crippen LogP contribution is 2.08. The molecule has 0 aliphatic carbocycles. The predicted molar refractivity (Wildman–Crippen MR) is 53.2 cm³/mol. The quantitative estimate of drug-likeness (QED) is 0.725. The van der Waals surface area contributed by atoms with E-state index < -0.39 is 9.84 Å². The second kappa shape index (κ2) is 3.89. The van der Waals surface area contributed by atoms with Gasteiger partial charge in [0.15, 0.2) is 9.84 Å². The van der Waals surface area contributed by atoms with Gasteiger partial charge < -0.3 is 0 Å². The zero-order valence-electron chi connectivity index (χ0n) is 6.79. The summed E-state index contributed by atoms with van der Waals surface area (Å²) in [4.78, 5) is 2.08. The molecule has 0 atom stereocenters. The molecule has 12 heavy (non-hydrogen) atoms. The van der Waals surface area contributed by atoms with E-state index >= 15 is 0 Å². The first-order valence-electron chi connectivity index (χ1n) is 3.76. The van der Waals surface area contributed by atoms with Gasteiger partial charge in [-0.2, -0.15) is 0 Å². The zero-order valence-corrected chi connectivity index (χ0v) is 9.20. The van der Waals surface area contributed by atoms with Gasteiger partial charge in [-0.1, -0.05) is 22.5 Å². The van der Waals surface area contributed by atoms with Gasteiger partial charge in [0.1, 0.15) is 0 Å². The molecule has 0 aromatic carbocycles. The van der Waals surface area contributed by atoms with Crippen LogP contribution in [0, 0.1) is 0 Å². The third-order valence-electron chi connectivity index (χ3n) is 1.83. The van der Waals surface area contributed by atoms with E-state index in [0.29, 0.717) is 13.1 Å². The van der Waals surface area contributed by atoms with E-state index in [1.54, 1.807) is 0 Å². The summed E-state index contributed by atoms with van der Waals surface area (Å²) >= 11 is 3.25. The summed E-state index contributed by atoms with van der Waals surface area (Å²) in [5.74, 6) is 0.570. The van der Waals surface area contributed by atoms with Crippen molar-refractivity contribution in [2.75, 3.05) is 31.1 Å². The van der Waals surface area contributed by atoms with E-state index in [9.17, 15) is 8.42 Å². The van der Waals surface area contributed by atoms with Crippen LogP contribution in [0.25, 0.3) is 0 Å². The van der Waals surface area contributed by atoms with Crippen LogP contribution < -0.4 is 0 Å². The van der Waals surface area contributed by atoms with E-state index in [0.717, 1.165) is 11.0 Å². The molecular weight excluding hydrogens is 242 g/mol. The van der Waals surface area contributed by atoms with Gasteiger partial charge in [0.05, 0.1) is 11.5 Å². The fraction of sp³-hybridized carbons (Fsp3) is 0.714. The number of halogens is 1. The van der Waals surface area contributed by atoms with E-state index in [-0.39, 0.29) is 11.5 Å². The van der Waals surface area contributed by atoms with Gasteiger partial charge in [-0.15, -0.1) is 0 Å². The normalized spacial score (nSPS) is 23.8. The minimum atomic E-state index is -2.74. The Kier molecular flexibility index (Phi) is 3.31. The molecule has 0 radical (unpaired) electrons. The summed E-state index contributed by atoms with van der Waals surface area (Å²) in [5, 5.41) is 0. The third-order valence-corrected chi connectivity index (χ3v) is 3.69. The molecule has 0 spiro atoms. The third kappa shape index (κ3) is 3.25. The minimum Gasteiger partial charge on any atom is -0.297 e. The molecule has 0 bridgehead atoms. The topological polar surface area (TPSA) is 37.4 Å². The molecular formula is C7H12BrNO2S. The summed E-state index contributed by atoms with van der Waals surface area (Å²) in [6, 6.07) is 0. The molecule has 0 aromatic heterocycles. The summed E-state index contributed by atoms with van der Waals surface area (Å²) in [5.41, 5.74) is 0. The molecule has 1 fully saturated rings. The number of rotatable bonds is 2. The number of hydrogen-bond donors (Lipinski definition) is 0. The standard InChI is InChI=1S/C7H12BrNO2S/c1-7(8)6-9-2-4-12(10,11)5-3-9/h1-6H2. The lowest BCUT2D eigenvalue weighted by molar-refractivity contribution is 0.325. The van der Waals surface area contributed by atoms with Gasteiger partial charge in [-0.05, 0) is 0 Å². The van der Waals surface area contributed by atoms with Crippen molar-refractivity contribution in [2.45, 2.75) is 0 Å². The lowest BCUT2D eigenvalue weighted by atomic mass is 10.4. The fourth-order valence-corrected chi connectivity index (χ4v) is 2.78. The predicted octanol–water partition coefficient (Wildman–Crippen LogP) is 0.625. The first-order valence-corrected chi connectivity index (χ1v) is 6.37. The lowest BCUT2D eigenvalue weighted by Gasteiger charge is -2.25. The van der Waals surface area contributed by atoms with Crippen LogP contribution in [0.5, 0.6) is 0 Å². The molecule has 5 heteroatoms. The van der Waals surface area contributed by atoms with Crippen molar-refractivity contribution in [3.8, 4) is 0 Å². The van der Waals surface area contributed by atoms with Crippen molar-refractivity contribution in [1.82, 2.24) is 4.90 Å². The van der Waals surface area contributed by atoms with Crippen molar-refractivity contribution in [3.63, 3.8) is 0 Å². The first-order chi connectivity index (χ1) is 5.49. The van der Waals surface area contributed by atoms with Crippen molar-refractivity contribution in [1.29, 1.82) is 0 Å². The molecule has 0 unspecified atom stereocenters. The van der Waals surface area contributed by atoms with Crippen molar-refractivity contribution in [2.24, 2.45) is 0 Å². The Morgan fingerprint density at radius 2 is 1.92 bits per heavy atom. The van der Waals surface area contributed by atoms with Crippen molar-refractivity contribution in [3.05, 3.63) is 11.1 Å². The Morgan fingerprint density at radius 1 is 1.42 bits per heavy atom. The molecule has 70 valence electrons. The van der Waals surface area contributed by atoms with Gasteiger partial charge >= 0.3 is 0 Å². The van der Waals surface area contributed by atoms with Crippen LogP contribution in [-0.2, 0) is 9.84 Å². The molecule has 1 aliphatic heterocycles.